The quantitative estimate of drug-likeness (QED) is 0.724. The molecule has 0 spiro atoms. The zero-order chi connectivity index (χ0) is 9.84. The van der Waals surface area contributed by atoms with Crippen LogP contribution in [0.3, 0.4) is 0 Å². The zero-order valence-corrected chi connectivity index (χ0v) is 9.23. The summed E-state index contributed by atoms with van der Waals surface area (Å²) < 4.78 is 1.05. The van der Waals surface area contributed by atoms with Crippen molar-refractivity contribution in [3.63, 3.8) is 0 Å². The summed E-state index contributed by atoms with van der Waals surface area (Å²) >= 11 is 2.17. The Balaban J connectivity index is 2.81. The number of phenolic OH excluding ortho intramolecular Hbond substituents is 1. The van der Waals surface area contributed by atoms with Crippen molar-refractivity contribution in [1.29, 1.82) is 0 Å². The maximum Gasteiger partial charge on any atom is 0.118 e. The van der Waals surface area contributed by atoms with E-state index in [2.05, 4.69) is 22.6 Å². The molecule has 3 nitrogen and oxygen atoms in total. The Hall–Kier alpha value is -0.330. The first kappa shape index (κ1) is 10.7. The van der Waals surface area contributed by atoms with Crippen LogP contribution in [-0.2, 0) is 6.42 Å². The largest absolute Gasteiger partial charge is 0.508 e. The van der Waals surface area contributed by atoms with Crippen LogP contribution in [-0.4, -0.2) is 22.9 Å². The van der Waals surface area contributed by atoms with E-state index in [1.165, 1.54) is 0 Å². The maximum absolute atomic E-state index is 9.44. The van der Waals surface area contributed by atoms with Gasteiger partial charge in [0.25, 0.3) is 0 Å². The summed E-state index contributed by atoms with van der Waals surface area (Å²) in [5.74, 6) is 0.240. The highest BCUT2D eigenvalue weighted by Crippen LogP contribution is 2.20. The SMILES string of the molecule is NC(CO)Cc1cc(I)ccc1O. The number of hydrogen-bond acceptors (Lipinski definition) is 3. The molecule has 1 aromatic rings. The predicted molar refractivity (Wildman–Crippen MR) is 59.6 cm³/mol. The number of rotatable bonds is 3. The van der Waals surface area contributed by atoms with Gasteiger partial charge in [0, 0.05) is 9.61 Å². The number of phenols is 1. The standard InChI is InChI=1S/C9H12INO2/c10-7-1-2-9(13)6(3-7)4-8(11)5-12/h1-3,8,12-13H,4-5,11H2. The van der Waals surface area contributed by atoms with Crippen molar-refractivity contribution >= 4 is 22.6 Å². The van der Waals surface area contributed by atoms with Crippen LogP contribution in [0.25, 0.3) is 0 Å². The molecule has 0 saturated heterocycles. The Morgan fingerprint density at radius 3 is 2.77 bits per heavy atom. The van der Waals surface area contributed by atoms with Gasteiger partial charge in [-0.2, -0.15) is 0 Å². The molecule has 0 heterocycles. The third kappa shape index (κ3) is 3.13. The first-order chi connectivity index (χ1) is 6.13. The van der Waals surface area contributed by atoms with Crippen LogP contribution in [0.4, 0.5) is 0 Å². The van der Waals surface area contributed by atoms with E-state index in [-0.39, 0.29) is 18.4 Å². The van der Waals surface area contributed by atoms with Gasteiger partial charge < -0.3 is 15.9 Å². The topological polar surface area (TPSA) is 66.5 Å². The summed E-state index contributed by atoms with van der Waals surface area (Å²) in [6.07, 6.45) is 0.499. The van der Waals surface area contributed by atoms with Crippen LogP contribution in [0.5, 0.6) is 5.75 Å². The summed E-state index contributed by atoms with van der Waals surface area (Å²) in [5, 5.41) is 18.2. The van der Waals surface area contributed by atoms with Crippen molar-refractivity contribution in [2.45, 2.75) is 12.5 Å². The van der Waals surface area contributed by atoms with Crippen LogP contribution < -0.4 is 5.73 Å². The molecule has 13 heavy (non-hydrogen) atoms. The van der Waals surface area contributed by atoms with E-state index in [4.69, 9.17) is 10.8 Å². The summed E-state index contributed by atoms with van der Waals surface area (Å²) in [5.41, 5.74) is 6.35. The third-order valence-electron chi connectivity index (χ3n) is 1.76. The van der Waals surface area contributed by atoms with Crippen molar-refractivity contribution in [2.24, 2.45) is 5.73 Å². The molecule has 4 N–H and O–H groups in total. The van der Waals surface area contributed by atoms with Crippen LogP contribution in [0.15, 0.2) is 18.2 Å². The van der Waals surface area contributed by atoms with E-state index in [1.807, 2.05) is 12.1 Å². The summed E-state index contributed by atoms with van der Waals surface area (Å²) in [6, 6.07) is 5.03. The van der Waals surface area contributed by atoms with Crippen molar-refractivity contribution in [3.8, 4) is 5.75 Å². The monoisotopic (exact) mass is 293 g/mol. The minimum atomic E-state index is -0.302. The highest BCUT2D eigenvalue weighted by atomic mass is 127. The van der Waals surface area contributed by atoms with Gasteiger partial charge in [-0.3, -0.25) is 0 Å². The zero-order valence-electron chi connectivity index (χ0n) is 7.07. The Bertz CT molecular complexity index is 291. The lowest BCUT2D eigenvalue weighted by atomic mass is 10.1. The van der Waals surface area contributed by atoms with Crippen molar-refractivity contribution < 1.29 is 10.2 Å². The Morgan fingerprint density at radius 2 is 2.15 bits per heavy atom. The molecule has 1 atom stereocenters. The summed E-state index contributed by atoms with van der Waals surface area (Å²) in [4.78, 5) is 0. The van der Waals surface area contributed by atoms with Gasteiger partial charge >= 0.3 is 0 Å². The van der Waals surface area contributed by atoms with E-state index in [0.29, 0.717) is 6.42 Å². The maximum atomic E-state index is 9.44. The summed E-state index contributed by atoms with van der Waals surface area (Å²) in [7, 11) is 0. The molecule has 0 radical (unpaired) electrons. The molecular weight excluding hydrogens is 281 g/mol. The highest BCUT2D eigenvalue weighted by molar-refractivity contribution is 14.1. The Labute approximate surface area is 90.7 Å². The molecule has 1 aromatic carbocycles. The molecule has 0 bridgehead atoms. The number of aliphatic hydroxyl groups excluding tert-OH is 1. The van der Waals surface area contributed by atoms with Gasteiger partial charge in [-0.05, 0) is 52.8 Å². The normalized spacial score (nSPS) is 12.8. The van der Waals surface area contributed by atoms with Crippen molar-refractivity contribution in [2.75, 3.05) is 6.61 Å². The second-order valence-electron chi connectivity index (χ2n) is 2.92. The molecule has 0 aliphatic heterocycles. The first-order valence-electron chi connectivity index (χ1n) is 3.97. The van der Waals surface area contributed by atoms with E-state index in [9.17, 15) is 5.11 Å². The molecule has 0 aliphatic carbocycles. The third-order valence-corrected chi connectivity index (χ3v) is 2.43. The molecule has 0 amide bonds. The van der Waals surface area contributed by atoms with Gasteiger partial charge in [0.2, 0.25) is 0 Å². The van der Waals surface area contributed by atoms with E-state index in [0.717, 1.165) is 9.13 Å². The van der Waals surface area contributed by atoms with Gasteiger partial charge in [-0.15, -0.1) is 0 Å². The lowest BCUT2D eigenvalue weighted by Crippen LogP contribution is -2.26. The van der Waals surface area contributed by atoms with E-state index < -0.39 is 0 Å². The lowest BCUT2D eigenvalue weighted by Gasteiger charge is -2.09. The van der Waals surface area contributed by atoms with Gasteiger partial charge in [0.1, 0.15) is 5.75 Å². The lowest BCUT2D eigenvalue weighted by molar-refractivity contribution is 0.264. The number of benzene rings is 1. The van der Waals surface area contributed by atoms with Crippen molar-refractivity contribution in [3.05, 3.63) is 27.3 Å². The molecule has 0 fully saturated rings. The average molecular weight is 293 g/mol. The van der Waals surface area contributed by atoms with Crippen LogP contribution in [0, 0.1) is 3.57 Å². The predicted octanol–water partition coefficient (Wildman–Crippen LogP) is 0.859. The smallest absolute Gasteiger partial charge is 0.118 e. The van der Waals surface area contributed by atoms with Crippen LogP contribution in [0.1, 0.15) is 5.56 Å². The van der Waals surface area contributed by atoms with Gasteiger partial charge in [-0.1, -0.05) is 0 Å². The molecule has 1 unspecified atom stereocenters. The van der Waals surface area contributed by atoms with Crippen LogP contribution >= 0.6 is 22.6 Å². The minimum Gasteiger partial charge on any atom is -0.508 e. The molecule has 4 heteroatoms. The highest BCUT2D eigenvalue weighted by Gasteiger charge is 2.06. The first-order valence-corrected chi connectivity index (χ1v) is 5.05. The Morgan fingerprint density at radius 1 is 1.46 bits per heavy atom. The number of nitrogens with two attached hydrogens (primary N) is 1. The molecular formula is C9H12INO2. The Kier molecular flexibility index (Phi) is 3.95. The second kappa shape index (κ2) is 4.78. The molecule has 0 aromatic heterocycles. The fourth-order valence-corrected chi connectivity index (χ4v) is 1.62. The minimum absolute atomic E-state index is 0.0646. The second-order valence-corrected chi connectivity index (χ2v) is 4.17. The number of halogens is 1. The van der Waals surface area contributed by atoms with Gasteiger partial charge in [-0.25, -0.2) is 0 Å². The molecule has 0 saturated carbocycles. The molecule has 0 aliphatic rings. The number of aromatic hydroxyl groups is 1. The van der Waals surface area contributed by atoms with E-state index in [1.54, 1.807) is 6.07 Å². The fraction of sp³-hybridized carbons (Fsp3) is 0.333. The van der Waals surface area contributed by atoms with E-state index >= 15 is 0 Å². The average Bonchev–Trinajstić information content (AvgIpc) is 2.11. The molecule has 1 rings (SSSR count). The fourth-order valence-electron chi connectivity index (χ4n) is 1.06. The number of hydrogen-bond donors (Lipinski definition) is 3. The molecule has 72 valence electrons. The van der Waals surface area contributed by atoms with Crippen molar-refractivity contribution in [1.82, 2.24) is 0 Å². The number of aliphatic hydroxyl groups is 1. The van der Waals surface area contributed by atoms with Gasteiger partial charge in [0.15, 0.2) is 0 Å². The van der Waals surface area contributed by atoms with Gasteiger partial charge in [0.05, 0.1) is 6.61 Å². The van der Waals surface area contributed by atoms with Crippen LogP contribution in [0.2, 0.25) is 0 Å². The summed E-state index contributed by atoms with van der Waals surface area (Å²) in [6.45, 7) is -0.0646.